The number of nitrogens with one attached hydrogen (secondary N) is 2. The minimum Gasteiger partial charge on any atom is -0.494 e. The number of imidazole rings is 1. The number of aromatic amines is 1. The van der Waals surface area contributed by atoms with E-state index in [9.17, 15) is 4.79 Å². The van der Waals surface area contributed by atoms with Crippen molar-refractivity contribution in [1.82, 2.24) is 20.3 Å². The molecular weight excluding hydrogens is 324 g/mol. The Labute approximate surface area is 144 Å². The minimum atomic E-state index is -1.08. The van der Waals surface area contributed by atoms with Gasteiger partial charge in [-0.15, -0.1) is 0 Å². The lowest BCUT2D eigenvalue weighted by atomic mass is 10.0. The Morgan fingerprint density at radius 1 is 1.44 bits per heavy atom. The van der Waals surface area contributed by atoms with Gasteiger partial charge in [0.2, 0.25) is 0 Å². The summed E-state index contributed by atoms with van der Waals surface area (Å²) in [7, 11) is 1.56. The monoisotopic (exact) mass is 344 g/mol. The van der Waals surface area contributed by atoms with Crippen LogP contribution in [-0.4, -0.2) is 33.3 Å². The summed E-state index contributed by atoms with van der Waals surface area (Å²) < 4.78 is 10.8. The molecule has 1 amide bonds. The van der Waals surface area contributed by atoms with E-state index in [-0.39, 0.29) is 0 Å². The van der Waals surface area contributed by atoms with Crippen molar-refractivity contribution in [2.45, 2.75) is 26.3 Å². The van der Waals surface area contributed by atoms with Crippen molar-refractivity contribution in [3.8, 4) is 17.1 Å². The standard InChI is InChI=1S/C17H20N4O4/c1-9(2)4-12(20-17(22)23)16-19-11-5-10(14-7-18-8-25-14)6-13(24-3)15(11)21-16/h5-9,12,20H,4H2,1-3H3,(H,19,21)(H,22,23). The molecular formula is C17H20N4O4. The van der Waals surface area contributed by atoms with Crippen molar-refractivity contribution in [3.63, 3.8) is 0 Å². The van der Waals surface area contributed by atoms with E-state index >= 15 is 0 Å². The Morgan fingerprint density at radius 3 is 2.84 bits per heavy atom. The van der Waals surface area contributed by atoms with Crippen LogP contribution in [0.3, 0.4) is 0 Å². The highest BCUT2D eigenvalue weighted by Gasteiger charge is 2.21. The molecule has 0 aliphatic rings. The zero-order chi connectivity index (χ0) is 18.0. The molecule has 3 aromatic rings. The number of H-pyrrole nitrogens is 1. The molecule has 1 unspecified atom stereocenters. The summed E-state index contributed by atoms with van der Waals surface area (Å²) in [6, 6.07) is 3.26. The number of nitrogens with zero attached hydrogens (tertiary/aromatic N) is 2. The molecule has 0 radical (unpaired) electrons. The predicted molar refractivity (Wildman–Crippen MR) is 91.5 cm³/mol. The maximum Gasteiger partial charge on any atom is 0.405 e. The van der Waals surface area contributed by atoms with E-state index in [1.54, 1.807) is 13.3 Å². The molecule has 2 aromatic heterocycles. The van der Waals surface area contributed by atoms with Crippen LogP contribution < -0.4 is 10.1 Å². The van der Waals surface area contributed by atoms with Gasteiger partial charge in [0.25, 0.3) is 0 Å². The summed E-state index contributed by atoms with van der Waals surface area (Å²) in [6.45, 7) is 4.06. The summed E-state index contributed by atoms with van der Waals surface area (Å²) in [4.78, 5) is 22.8. The number of benzene rings is 1. The zero-order valence-electron chi connectivity index (χ0n) is 14.2. The summed E-state index contributed by atoms with van der Waals surface area (Å²) in [5.41, 5.74) is 2.17. The molecule has 0 fully saturated rings. The van der Waals surface area contributed by atoms with Crippen LogP contribution in [0.1, 0.15) is 32.1 Å². The molecule has 132 valence electrons. The van der Waals surface area contributed by atoms with Gasteiger partial charge in [0.05, 0.1) is 24.9 Å². The Hall–Kier alpha value is -3.03. The first-order valence-electron chi connectivity index (χ1n) is 7.94. The minimum absolute atomic E-state index is 0.303. The first-order chi connectivity index (χ1) is 12.0. The van der Waals surface area contributed by atoms with Crippen molar-refractivity contribution in [2.75, 3.05) is 7.11 Å². The SMILES string of the molecule is COc1cc(-c2cnco2)cc2[nH]c(C(CC(C)C)NC(=O)O)nc12. The van der Waals surface area contributed by atoms with Crippen LogP contribution in [0.4, 0.5) is 4.79 Å². The highest BCUT2D eigenvalue weighted by molar-refractivity contribution is 5.87. The van der Waals surface area contributed by atoms with E-state index in [1.165, 1.54) is 6.39 Å². The predicted octanol–water partition coefficient (Wildman–Crippen LogP) is 3.58. The van der Waals surface area contributed by atoms with Gasteiger partial charge in [0.1, 0.15) is 17.1 Å². The molecule has 2 heterocycles. The fourth-order valence-corrected chi connectivity index (χ4v) is 2.79. The fourth-order valence-electron chi connectivity index (χ4n) is 2.79. The van der Waals surface area contributed by atoms with Crippen LogP contribution in [-0.2, 0) is 0 Å². The van der Waals surface area contributed by atoms with Crippen LogP contribution in [0.2, 0.25) is 0 Å². The number of hydrogen-bond donors (Lipinski definition) is 3. The van der Waals surface area contributed by atoms with Gasteiger partial charge in [-0.2, -0.15) is 0 Å². The van der Waals surface area contributed by atoms with Crippen molar-refractivity contribution < 1.29 is 19.1 Å². The lowest BCUT2D eigenvalue weighted by molar-refractivity contribution is 0.187. The number of amides is 1. The van der Waals surface area contributed by atoms with Gasteiger partial charge in [-0.3, -0.25) is 0 Å². The highest BCUT2D eigenvalue weighted by Crippen LogP contribution is 2.32. The summed E-state index contributed by atoms with van der Waals surface area (Å²) in [5.74, 6) is 2.04. The van der Waals surface area contributed by atoms with E-state index in [2.05, 4.69) is 20.3 Å². The molecule has 1 aromatic carbocycles. The Morgan fingerprint density at radius 2 is 2.24 bits per heavy atom. The number of rotatable bonds is 6. The van der Waals surface area contributed by atoms with Crippen molar-refractivity contribution in [1.29, 1.82) is 0 Å². The molecule has 25 heavy (non-hydrogen) atoms. The number of carbonyl (C=O) groups is 1. The number of carboxylic acid groups (broad SMARTS) is 1. The molecule has 3 rings (SSSR count). The second-order valence-corrected chi connectivity index (χ2v) is 6.19. The summed E-state index contributed by atoms with van der Waals surface area (Å²) in [5, 5.41) is 11.6. The van der Waals surface area contributed by atoms with Crippen LogP contribution >= 0.6 is 0 Å². The Balaban J connectivity index is 2.06. The van der Waals surface area contributed by atoms with Gasteiger partial charge in [-0.25, -0.2) is 14.8 Å². The average molecular weight is 344 g/mol. The topological polar surface area (TPSA) is 113 Å². The number of fused-ring (bicyclic) bond motifs is 1. The maximum atomic E-state index is 11.1. The summed E-state index contributed by atoms with van der Waals surface area (Å²) >= 11 is 0. The van der Waals surface area contributed by atoms with Crippen LogP contribution in [0.25, 0.3) is 22.4 Å². The van der Waals surface area contributed by atoms with Gasteiger partial charge >= 0.3 is 6.09 Å². The second kappa shape index (κ2) is 6.84. The molecule has 0 saturated carbocycles. The third-order valence-electron chi connectivity index (χ3n) is 3.84. The normalized spacial score (nSPS) is 12.5. The zero-order valence-corrected chi connectivity index (χ0v) is 14.2. The van der Waals surface area contributed by atoms with Crippen LogP contribution in [0, 0.1) is 5.92 Å². The van der Waals surface area contributed by atoms with Crippen LogP contribution in [0.15, 0.2) is 29.1 Å². The molecule has 0 spiro atoms. The molecule has 1 atom stereocenters. The smallest absolute Gasteiger partial charge is 0.405 e. The van der Waals surface area contributed by atoms with E-state index in [0.29, 0.717) is 35.2 Å². The molecule has 0 aliphatic carbocycles. The van der Waals surface area contributed by atoms with Gasteiger partial charge in [-0.05, 0) is 24.5 Å². The third-order valence-corrected chi connectivity index (χ3v) is 3.84. The lowest BCUT2D eigenvalue weighted by Crippen LogP contribution is -2.28. The maximum absolute atomic E-state index is 11.1. The Bertz CT molecular complexity index is 870. The van der Waals surface area contributed by atoms with E-state index in [4.69, 9.17) is 14.3 Å². The van der Waals surface area contributed by atoms with Crippen LogP contribution in [0.5, 0.6) is 5.75 Å². The lowest BCUT2D eigenvalue weighted by Gasteiger charge is -2.16. The van der Waals surface area contributed by atoms with Gasteiger partial charge in [0.15, 0.2) is 12.2 Å². The second-order valence-electron chi connectivity index (χ2n) is 6.19. The number of oxazole rings is 1. The third kappa shape index (κ3) is 3.57. The molecule has 0 aliphatic heterocycles. The highest BCUT2D eigenvalue weighted by atomic mass is 16.5. The average Bonchev–Trinajstić information content (AvgIpc) is 3.21. The first kappa shape index (κ1) is 16.8. The molecule has 3 N–H and O–H groups in total. The number of ether oxygens (including phenoxy) is 1. The van der Waals surface area contributed by atoms with E-state index in [0.717, 1.165) is 11.1 Å². The first-order valence-corrected chi connectivity index (χ1v) is 7.94. The number of methoxy groups -OCH3 is 1. The Kier molecular flexibility index (Phi) is 4.60. The van der Waals surface area contributed by atoms with Gasteiger partial charge in [-0.1, -0.05) is 13.8 Å². The molecule has 0 bridgehead atoms. The molecule has 0 saturated heterocycles. The fraction of sp³-hybridized carbons (Fsp3) is 0.353. The molecule has 8 nitrogen and oxygen atoms in total. The van der Waals surface area contributed by atoms with Gasteiger partial charge < -0.3 is 24.6 Å². The largest absolute Gasteiger partial charge is 0.494 e. The number of aromatic nitrogens is 3. The van der Waals surface area contributed by atoms with Gasteiger partial charge in [0, 0.05) is 5.56 Å². The number of hydrogen-bond acceptors (Lipinski definition) is 5. The van der Waals surface area contributed by atoms with Crippen molar-refractivity contribution >= 4 is 17.1 Å². The quantitative estimate of drug-likeness (QED) is 0.630. The van der Waals surface area contributed by atoms with E-state index in [1.807, 2.05) is 26.0 Å². The molecule has 8 heteroatoms. The summed E-state index contributed by atoms with van der Waals surface area (Å²) in [6.07, 6.45) is 2.52. The van der Waals surface area contributed by atoms with Crippen molar-refractivity contribution in [2.24, 2.45) is 5.92 Å². The van der Waals surface area contributed by atoms with E-state index < -0.39 is 12.1 Å². The van der Waals surface area contributed by atoms with Crippen molar-refractivity contribution in [3.05, 3.63) is 30.5 Å².